The molecule has 2 N–H and O–H groups in total. The van der Waals surface area contributed by atoms with Crippen LogP contribution in [0.25, 0.3) is 0 Å². The quantitative estimate of drug-likeness (QED) is 0.364. The maximum atomic E-state index is 5.60. The molecule has 29 heavy (non-hydrogen) atoms. The molecule has 1 aromatic carbocycles. The van der Waals surface area contributed by atoms with Crippen LogP contribution in [-0.2, 0) is 24.8 Å². The van der Waals surface area contributed by atoms with Crippen molar-refractivity contribution in [1.82, 2.24) is 20.4 Å². The molecule has 0 amide bonds. The number of aryl methyl sites for hydroxylation is 2. The van der Waals surface area contributed by atoms with Crippen LogP contribution in [0.1, 0.15) is 36.4 Å². The van der Waals surface area contributed by atoms with Crippen LogP contribution in [0.3, 0.4) is 0 Å². The molecule has 0 aliphatic heterocycles. The van der Waals surface area contributed by atoms with Crippen LogP contribution >= 0.6 is 0 Å². The van der Waals surface area contributed by atoms with Crippen molar-refractivity contribution < 1.29 is 9.47 Å². The van der Waals surface area contributed by atoms with Crippen molar-refractivity contribution in [3.63, 3.8) is 0 Å². The molecule has 0 saturated carbocycles. The minimum Gasteiger partial charge on any atom is -0.491 e. The Hall–Kier alpha value is -2.54. The van der Waals surface area contributed by atoms with Crippen LogP contribution in [0.4, 0.5) is 0 Å². The lowest BCUT2D eigenvalue weighted by molar-refractivity contribution is 0.146. The average Bonchev–Trinajstić information content (AvgIpc) is 2.93. The number of aliphatic imine (C=N–C) groups is 1. The van der Waals surface area contributed by atoms with E-state index < -0.39 is 0 Å². The van der Waals surface area contributed by atoms with E-state index in [0.717, 1.165) is 35.9 Å². The van der Waals surface area contributed by atoms with E-state index in [2.05, 4.69) is 43.4 Å². The van der Waals surface area contributed by atoms with E-state index in [-0.39, 0.29) is 6.04 Å². The minimum absolute atomic E-state index is 0.242. The van der Waals surface area contributed by atoms with E-state index in [1.54, 1.807) is 7.11 Å². The smallest absolute Gasteiger partial charge is 0.191 e. The summed E-state index contributed by atoms with van der Waals surface area (Å²) in [5.74, 6) is 1.66. The van der Waals surface area contributed by atoms with E-state index in [0.29, 0.717) is 19.8 Å². The zero-order valence-corrected chi connectivity index (χ0v) is 18.6. The Balaban J connectivity index is 1.94. The first-order valence-corrected chi connectivity index (χ1v) is 10.2. The highest BCUT2D eigenvalue weighted by molar-refractivity contribution is 5.80. The topological polar surface area (TPSA) is 72.7 Å². The van der Waals surface area contributed by atoms with Gasteiger partial charge >= 0.3 is 0 Å². The number of aromatic nitrogens is 2. The minimum atomic E-state index is 0.242. The number of methoxy groups -OCH3 is 1. The van der Waals surface area contributed by atoms with Crippen molar-refractivity contribution in [1.29, 1.82) is 0 Å². The zero-order chi connectivity index (χ0) is 21.2. The molecule has 1 heterocycles. The van der Waals surface area contributed by atoms with Gasteiger partial charge in [-0.05, 0) is 57.4 Å². The Morgan fingerprint density at radius 1 is 1.21 bits per heavy atom. The van der Waals surface area contributed by atoms with Crippen molar-refractivity contribution in [2.45, 2.75) is 46.7 Å². The molecule has 0 aliphatic rings. The summed E-state index contributed by atoms with van der Waals surface area (Å²) in [4.78, 5) is 4.73. The van der Waals surface area contributed by atoms with Gasteiger partial charge in [0.1, 0.15) is 12.4 Å². The highest BCUT2D eigenvalue weighted by atomic mass is 16.5. The number of nitrogens with zero attached hydrogens (tertiary/aromatic N) is 3. The summed E-state index contributed by atoms with van der Waals surface area (Å²) in [6.45, 7) is 11.0. The van der Waals surface area contributed by atoms with Crippen LogP contribution in [0, 0.1) is 13.8 Å². The Bertz CT molecular complexity index is 783. The first-order chi connectivity index (χ1) is 13.9. The van der Waals surface area contributed by atoms with Crippen LogP contribution in [0.2, 0.25) is 0 Å². The van der Waals surface area contributed by atoms with Crippen molar-refractivity contribution in [3.8, 4) is 5.75 Å². The molecule has 1 aromatic heterocycles. The maximum Gasteiger partial charge on any atom is 0.191 e. The summed E-state index contributed by atoms with van der Waals surface area (Å²) in [5.41, 5.74) is 4.74. The number of nitrogens with one attached hydrogen (secondary N) is 2. The van der Waals surface area contributed by atoms with Gasteiger partial charge in [-0.2, -0.15) is 5.10 Å². The van der Waals surface area contributed by atoms with Gasteiger partial charge in [0, 0.05) is 32.4 Å². The molecule has 2 rings (SSSR count). The predicted molar refractivity (Wildman–Crippen MR) is 118 cm³/mol. The zero-order valence-electron chi connectivity index (χ0n) is 18.6. The molecule has 7 heteroatoms. The fourth-order valence-electron chi connectivity index (χ4n) is 3.13. The Labute approximate surface area is 174 Å². The first kappa shape index (κ1) is 22.7. The van der Waals surface area contributed by atoms with E-state index in [4.69, 9.17) is 14.5 Å². The van der Waals surface area contributed by atoms with Gasteiger partial charge in [0.15, 0.2) is 5.96 Å². The molecule has 7 nitrogen and oxygen atoms in total. The van der Waals surface area contributed by atoms with E-state index in [1.165, 1.54) is 11.3 Å². The lowest BCUT2D eigenvalue weighted by Gasteiger charge is -2.18. The number of ether oxygens (including phenoxy) is 2. The molecular weight excluding hydrogens is 366 g/mol. The standard InChI is InChI=1S/C22H35N5O2/c1-7-23-22(25-16(2)14-21-17(3)26-27(5)18(21)4)24-15-19-8-10-20(11-9-19)29-13-12-28-6/h8-11,16H,7,12-15H2,1-6H3,(H2,23,24,25). The maximum absolute atomic E-state index is 5.60. The molecule has 160 valence electrons. The van der Waals surface area contributed by atoms with Crippen LogP contribution in [0.5, 0.6) is 5.75 Å². The van der Waals surface area contributed by atoms with Gasteiger partial charge in [-0.15, -0.1) is 0 Å². The van der Waals surface area contributed by atoms with E-state index >= 15 is 0 Å². The van der Waals surface area contributed by atoms with Gasteiger partial charge in [0.05, 0.1) is 18.8 Å². The molecule has 0 spiro atoms. The summed E-state index contributed by atoms with van der Waals surface area (Å²) in [7, 11) is 3.66. The molecule has 0 bridgehead atoms. The summed E-state index contributed by atoms with van der Waals surface area (Å²) >= 11 is 0. The Morgan fingerprint density at radius 3 is 2.52 bits per heavy atom. The van der Waals surface area contributed by atoms with E-state index in [1.807, 2.05) is 36.0 Å². The van der Waals surface area contributed by atoms with Gasteiger partial charge < -0.3 is 20.1 Å². The van der Waals surface area contributed by atoms with Crippen molar-refractivity contribution in [2.24, 2.45) is 12.0 Å². The summed E-state index contributed by atoms with van der Waals surface area (Å²) in [6, 6.07) is 8.27. The third-order valence-electron chi connectivity index (χ3n) is 4.80. The fourth-order valence-corrected chi connectivity index (χ4v) is 3.13. The molecule has 0 radical (unpaired) electrons. The van der Waals surface area contributed by atoms with Gasteiger partial charge in [0.2, 0.25) is 0 Å². The third kappa shape index (κ3) is 7.09. The van der Waals surface area contributed by atoms with Gasteiger partial charge in [0.25, 0.3) is 0 Å². The first-order valence-electron chi connectivity index (χ1n) is 10.2. The lowest BCUT2D eigenvalue weighted by atomic mass is 10.1. The highest BCUT2D eigenvalue weighted by Gasteiger charge is 2.14. The summed E-state index contributed by atoms with van der Waals surface area (Å²) < 4.78 is 12.5. The van der Waals surface area contributed by atoms with Crippen LogP contribution in [0.15, 0.2) is 29.3 Å². The predicted octanol–water partition coefficient (Wildman–Crippen LogP) is 2.75. The normalized spacial score (nSPS) is 12.7. The second-order valence-corrected chi connectivity index (χ2v) is 7.20. The lowest BCUT2D eigenvalue weighted by Crippen LogP contribution is -2.43. The number of hydrogen-bond acceptors (Lipinski definition) is 4. The second kappa shape index (κ2) is 11.5. The Kier molecular flexibility index (Phi) is 8.99. The van der Waals surface area contributed by atoms with Crippen molar-refractivity contribution >= 4 is 5.96 Å². The van der Waals surface area contributed by atoms with Crippen LogP contribution in [-0.4, -0.2) is 48.7 Å². The highest BCUT2D eigenvalue weighted by Crippen LogP contribution is 2.15. The van der Waals surface area contributed by atoms with Gasteiger partial charge in [-0.25, -0.2) is 4.99 Å². The largest absolute Gasteiger partial charge is 0.491 e. The molecule has 0 saturated heterocycles. The summed E-state index contributed by atoms with van der Waals surface area (Å²) in [5, 5.41) is 11.3. The van der Waals surface area contributed by atoms with Crippen LogP contribution < -0.4 is 15.4 Å². The molecule has 0 fully saturated rings. The van der Waals surface area contributed by atoms with Gasteiger partial charge in [-0.1, -0.05) is 12.1 Å². The van der Waals surface area contributed by atoms with E-state index in [9.17, 15) is 0 Å². The summed E-state index contributed by atoms with van der Waals surface area (Å²) in [6.07, 6.45) is 0.906. The molecule has 2 aromatic rings. The molecular formula is C22H35N5O2. The van der Waals surface area contributed by atoms with Crippen molar-refractivity contribution in [3.05, 3.63) is 46.8 Å². The molecule has 1 unspecified atom stereocenters. The number of guanidine groups is 1. The number of benzene rings is 1. The third-order valence-corrected chi connectivity index (χ3v) is 4.80. The second-order valence-electron chi connectivity index (χ2n) is 7.20. The molecule has 1 atom stereocenters. The SMILES string of the molecule is CCNC(=NCc1ccc(OCCOC)cc1)NC(C)Cc1c(C)nn(C)c1C. The number of rotatable bonds is 10. The fraction of sp³-hybridized carbons (Fsp3) is 0.545. The molecule has 0 aliphatic carbocycles. The number of hydrogen-bond donors (Lipinski definition) is 2. The Morgan fingerprint density at radius 2 is 1.93 bits per heavy atom. The van der Waals surface area contributed by atoms with Crippen molar-refractivity contribution in [2.75, 3.05) is 26.9 Å². The average molecular weight is 402 g/mol. The van der Waals surface area contributed by atoms with Gasteiger partial charge in [-0.3, -0.25) is 4.68 Å². The monoisotopic (exact) mass is 401 g/mol.